The van der Waals surface area contributed by atoms with Gasteiger partial charge in [0.2, 0.25) is 5.91 Å². The molecule has 0 saturated heterocycles. The summed E-state index contributed by atoms with van der Waals surface area (Å²) in [6.07, 6.45) is -3.92. The molecule has 3 rings (SSSR count). The van der Waals surface area contributed by atoms with E-state index in [4.69, 9.17) is 9.15 Å². The molecule has 9 heteroatoms. The molecule has 29 heavy (non-hydrogen) atoms. The van der Waals surface area contributed by atoms with Gasteiger partial charge >= 0.3 is 6.18 Å². The number of aryl methyl sites for hydroxylation is 1. The molecule has 3 aromatic rings. The minimum atomic E-state index is -4.52. The quantitative estimate of drug-likeness (QED) is 0.528. The number of ether oxygens (including phenoxy) is 1. The van der Waals surface area contributed by atoms with Gasteiger partial charge < -0.3 is 14.5 Å². The maximum atomic E-state index is 13.0. The van der Waals surface area contributed by atoms with Crippen LogP contribution < -0.4 is 10.1 Å². The lowest BCUT2D eigenvalue weighted by Crippen LogP contribution is -2.16. The van der Waals surface area contributed by atoms with Crippen molar-refractivity contribution in [2.45, 2.75) is 32.9 Å². The largest absolute Gasteiger partial charge is 0.491 e. The number of nitrogens with zero attached hydrogens (tertiary/aromatic N) is 1. The second-order valence-electron chi connectivity index (χ2n) is 6.34. The molecule has 0 fully saturated rings. The Labute approximate surface area is 169 Å². The molecular formula is C20H19F3N2O3S. The standard InChI is InChI=1S/C20H19F3N2O3S/c1-3-8-27-16-7-5-13(20(21,22)23)9-15(16)25-18(26)10-14-11-29-19(24-14)17-6-4-12(2)28-17/h4-7,9,11H,3,8,10H2,1-2H3,(H,25,26). The van der Waals surface area contributed by atoms with Gasteiger partial charge in [0, 0.05) is 5.38 Å². The summed E-state index contributed by atoms with van der Waals surface area (Å²) in [5.74, 6) is 1.06. The first-order chi connectivity index (χ1) is 13.8. The minimum absolute atomic E-state index is 0.0182. The van der Waals surface area contributed by atoms with Crippen LogP contribution in [0.25, 0.3) is 10.8 Å². The van der Waals surface area contributed by atoms with E-state index in [2.05, 4.69) is 10.3 Å². The third-order valence-electron chi connectivity index (χ3n) is 3.89. The first-order valence-electron chi connectivity index (χ1n) is 8.91. The molecule has 0 unspecified atom stereocenters. The van der Waals surface area contributed by atoms with E-state index in [1.165, 1.54) is 17.4 Å². The number of amides is 1. The van der Waals surface area contributed by atoms with Crippen LogP contribution in [-0.2, 0) is 17.4 Å². The van der Waals surface area contributed by atoms with Crippen LogP contribution in [0.4, 0.5) is 18.9 Å². The van der Waals surface area contributed by atoms with Gasteiger partial charge in [-0.3, -0.25) is 4.79 Å². The Bertz CT molecular complexity index is 995. The van der Waals surface area contributed by atoms with Crippen molar-refractivity contribution in [3.8, 4) is 16.5 Å². The fraction of sp³-hybridized carbons (Fsp3) is 0.300. The number of alkyl halides is 3. The predicted molar refractivity (Wildman–Crippen MR) is 104 cm³/mol. The second kappa shape index (κ2) is 8.69. The molecule has 154 valence electrons. The van der Waals surface area contributed by atoms with Crippen LogP contribution in [0.3, 0.4) is 0 Å². The van der Waals surface area contributed by atoms with Crippen molar-refractivity contribution >= 4 is 22.9 Å². The molecule has 1 aromatic carbocycles. The van der Waals surface area contributed by atoms with E-state index in [9.17, 15) is 18.0 Å². The van der Waals surface area contributed by atoms with E-state index in [0.29, 0.717) is 29.5 Å². The Kier molecular flexibility index (Phi) is 6.26. The summed E-state index contributed by atoms with van der Waals surface area (Å²) in [6, 6.07) is 6.63. The maximum absolute atomic E-state index is 13.0. The highest BCUT2D eigenvalue weighted by molar-refractivity contribution is 7.13. The zero-order valence-corrected chi connectivity index (χ0v) is 16.6. The number of benzene rings is 1. The zero-order chi connectivity index (χ0) is 21.0. The first-order valence-corrected chi connectivity index (χ1v) is 9.79. The Morgan fingerprint density at radius 3 is 2.72 bits per heavy atom. The van der Waals surface area contributed by atoms with Crippen molar-refractivity contribution in [1.82, 2.24) is 4.98 Å². The molecule has 2 heterocycles. The average Bonchev–Trinajstić information content (AvgIpc) is 3.28. The number of carbonyl (C=O) groups is 1. The molecule has 0 spiro atoms. The Morgan fingerprint density at radius 1 is 1.28 bits per heavy atom. The monoisotopic (exact) mass is 424 g/mol. The molecule has 1 N–H and O–H groups in total. The molecule has 0 aliphatic rings. The van der Waals surface area contributed by atoms with Crippen LogP contribution in [0.15, 0.2) is 40.1 Å². The highest BCUT2D eigenvalue weighted by Gasteiger charge is 2.31. The molecule has 0 radical (unpaired) electrons. The van der Waals surface area contributed by atoms with Crippen LogP contribution in [0, 0.1) is 6.92 Å². The van der Waals surface area contributed by atoms with Crippen LogP contribution in [0.2, 0.25) is 0 Å². The van der Waals surface area contributed by atoms with Gasteiger partial charge in [0.05, 0.1) is 30.0 Å². The lowest BCUT2D eigenvalue weighted by atomic mass is 10.1. The zero-order valence-electron chi connectivity index (χ0n) is 15.8. The number of furan rings is 1. The average molecular weight is 424 g/mol. The van der Waals surface area contributed by atoms with E-state index < -0.39 is 17.6 Å². The van der Waals surface area contributed by atoms with Gasteiger partial charge in [-0.25, -0.2) is 4.98 Å². The van der Waals surface area contributed by atoms with Gasteiger partial charge in [-0.1, -0.05) is 6.92 Å². The lowest BCUT2D eigenvalue weighted by molar-refractivity contribution is -0.137. The van der Waals surface area contributed by atoms with Gasteiger partial charge in [-0.05, 0) is 43.7 Å². The summed E-state index contributed by atoms with van der Waals surface area (Å²) in [6.45, 7) is 4.02. The number of aromatic nitrogens is 1. The number of hydrogen-bond acceptors (Lipinski definition) is 5. The Morgan fingerprint density at radius 2 is 2.07 bits per heavy atom. The summed E-state index contributed by atoms with van der Waals surface area (Å²) in [4.78, 5) is 16.8. The fourth-order valence-electron chi connectivity index (χ4n) is 2.55. The molecule has 2 aromatic heterocycles. The highest BCUT2D eigenvalue weighted by Crippen LogP contribution is 2.35. The molecule has 5 nitrogen and oxygen atoms in total. The summed E-state index contributed by atoms with van der Waals surface area (Å²) < 4.78 is 50.1. The predicted octanol–water partition coefficient (Wildman–Crippen LogP) is 5.70. The van der Waals surface area contributed by atoms with Gasteiger partial charge in [0.15, 0.2) is 10.8 Å². The summed E-state index contributed by atoms with van der Waals surface area (Å²) >= 11 is 1.33. The van der Waals surface area contributed by atoms with Crippen molar-refractivity contribution in [1.29, 1.82) is 0 Å². The van der Waals surface area contributed by atoms with Crippen molar-refractivity contribution in [3.63, 3.8) is 0 Å². The van der Waals surface area contributed by atoms with Crippen LogP contribution in [0.1, 0.15) is 30.4 Å². The van der Waals surface area contributed by atoms with E-state index in [0.717, 1.165) is 17.9 Å². The van der Waals surface area contributed by atoms with Gasteiger partial charge in [0.25, 0.3) is 0 Å². The molecule has 0 bridgehead atoms. The Balaban J connectivity index is 1.74. The number of thiazole rings is 1. The summed E-state index contributed by atoms with van der Waals surface area (Å²) in [5, 5.41) is 4.86. The lowest BCUT2D eigenvalue weighted by Gasteiger charge is -2.15. The number of halogens is 3. The number of hydrogen-bond donors (Lipinski definition) is 1. The van der Waals surface area contributed by atoms with Crippen molar-refractivity contribution < 1.29 is 27.1 Å². The molecular weight excluding hydrogens is 405 g/mol. The molecule has 0 atom stereocenters. The number of nitrogens with one attached hydrogen (secondary N) is 1. The van der Waals surface area contributed by atoms with E-state index >= 15 is 0 Å². The van der Waals surface area contributed by atoms with E-state index in [1.807, 2.05) is 19.9 Å². The SMILES string of the molecule is CCCOc1ccc(C(F)(F)F)cc1NC(=O)Cc1csc(-c2ccc(C)o2)n1. The fourth-order valence-corrected chi connectivity index (χ4v) is 3.33. The van der Waals surface area contributed by atoms with Crippen molar-refractivity contribution in [2.24, 2.45) is 0 Å². The minimum Gasteiger partial charge on any atom is -0.491 e. The second-order valence-corrected chi connectivity index (χ2v) is 7.19. The molecule has 0 saturated carbocycles. The van der Waals surface area contributed by atoms with Gasteiger partial charge in [-0.15, -0.1) is 11.3 Å². The first kappa shape index (κ1) is 20.9. The van der Waals surface area contributed by atoms with Gasteiger partial charge in [-0.2, -0.15) is 13.2 Å². The van der Waals surface area contributed by atoms with Crippen LogP contribution >= 0.6 is 11.3 Å². The van der Waals surface area contributed by atoms with Crippen LogP contribution in [0.5, 0.6) is 5.75 Å². The Hall–Kier alpha value is -2.81. The van der Waals surface area contributed by atoms with Crippen LogP contribution in [-0.4, -0.2) is 17.5 Å². The molecule has 0 aliphatic carbocycles. The number of carbonyl (C=O) groups excluding carboxylic acids is 1. The number of anilines is 1. The summed E-state index contributed by atoms with van der Waals surface area (Å²) in [5.41, 5.74) is -0.379. The van der Waals surface area contributed by atoms with Crippen molar-refractivity contribution in [3.05, 3.63) is 52.7 Å². The molecule has 1 amide bonds. The summed E-state index contributed by atoms with van der Waals surface area (Å²) in [7, 11) is 0. The third-order valence-corrected chi connectivity index (χ3v) is 4.79. The topological polar surface area (TPSA) is 64.4 Å². The maximum Gasteiger partial charge on any atom is 0.416 e. The van der Waals surface area contributed by atoms with E-state index in [-0.39, 0.29) is 17.9 Å². The smallest absolute Gasteiger partial charge is 0.416 e. The van der Waals surface area contributed by atoms with E-state index in [1.54, 1.807) is 11.4 Å². The highest BCUT2D eigenvalue weighted by atomic mass is 32.1. The van der Waals surface area contributed by atoms with Gasteiger partial charge in [0.1, 0.15) is 11.5 Å². The molecule has 0 aliphatic heterocycles. The third kappa shape index (κ3) is 5.38. The van der Waals surface area contributed by atoms with Crippen molar-refractivity contribution in [2.75, 3.05) is 11.9 Å². The normalized spacial score (nSPS) is 11.5. The number of rotatable bonds is 7.